The number of hydrogen-bond acceptors (Lipinski definition) is 4. The molecule has 0 aliphatic heterocycles. The Balaban J connectivity index is 2.29. The van der Waals surface area contributed by atoms with E-state index in [1.807, 2.05) is 16.8 Å². The van der Waals surface area contributed by atoms with Crippen LogP contribution in [-0.4, -0.2) is 40.0 Å². The molecule has 2 aromatic heterocycles. The fourth-order valence-corrected chi connectivity index (χ4v) is 2.54. The molecule has 2 rings (SSSR count). The van der Waals surface area contributed by atoms with Gasteiger partial charge in [-0.1, -0.05) is 0 Å². The number of aliphatic carboxylic acids is 1. The summed E-state index contributed by atoms with van der Waals surface area (Å²) in [5, 5.41) is 12.9. The molecule has 0 bridgehead atoms. The van der Waals surface area contributed by atoms with Crippen LogP contribution in [0.2, 0.25) is 0 Å². The Hall–Kier alpha value is -2.21. The molecule has 0 saturated heterocycles. The number of carboxylic acids is 1. The normalized spacial score (nSPS) is 12.0. The van der Waals surface area contributed by atoms with E-state index in [4.69, 9.17) is 5.11 Å². The Morgan fingerprint density at radius 3 is 2.57 bits per heavy atom. The first kappa shape index (κ1) is 15.2. The van der Waals surface area contributed by atoms with Gasteiger partial charge in [0.15, 0.2) is 0 Å². The fraction of sp³-hybridized carbons (Fsp3) is 0.267. The van der Waals surface area contributed by atoms with Gasteiger partial charge in [-0.15, -0.1) is 0 Å². The summed E-state index contributed by atoms with van der Waals surface area (Å²) >= 11 is 1.58. The summed E-state index contributed by atoms with van der Waals surface area (Å²) < 4.78 is 0. The van der Waals surface area contributed by atoms with Crippen molar-refractivity contribution in [3.63, 3.8) is 0 Å². The van der Waals surface area contributed by atoms with Crippen LogP contribution >= 0.6 is 11.3 Å². The third-order valence-electron chi connectivity index (χ3n) is 3.39. The molecule has 0 aliphatic carbocycles. The molecule has 0 fully saturated rings. The van der Waals surface area contributed by atoms with Crippen molar-refractivity contribution in [3.8, 4) is 11.3 Å². The van der Waals surface area contributed by atoms with Gasteiger partial charge in [0.25, 0.3) is 5.91 Å². The van der Waals surface area contributed by atoms with E-state index in [2.05, 4.69) is 4.98 Å². The molecule has 2 heterocycles. The van der Waals surface area contributed by atoms with Crippen LogP contribution in [0.25, 0.3) is 11.3 Å². The molecule has 21 heavy (non-hydrogen) atoms. The second-order valence-corrected chi connectivity index (χ2v) is 5.55. The monoisotopic (exact) mass is 304 g/mol. The number of likely N-dealkylation sites (N-methyl/N-ethyl adjacent to an activating group) is 1. The third-order valence-corrected chi connectivity index (χ3v) is 4.08. The number of carbonyl (C=O) groups is 2. The lowest BCUT2D eigenvalue weighted by atomic mass is 10.1. The zero-order valence-corrected chi connectivity index (χ0v) is 12.8. The van der Waals surface area contributed by atoms with E-state index in [9.17, 15) is 9.59 Å². The van der Waals surface area contributed by atoms with Crippen LogP contribution in [0, 0.1) is 6.92 Å². The SMILES string of the molecule is Cc1nc(-c2ccsc2)ccc1C(=O)N(C)C(C)C(=O)O. The van der Waals surface area contributed by atoms with Gasteiger partial charge in [-0.2, -0.15) is 11.3 Å². The number of rotatable bonds is 4. The van der Waals surface area contributed by atoms with Crippen LogP contribution in [0.4, 0.5) is 0 Å². The van der Waals surface area contributed by atoms with E-state index >= 15 is 0 Å². The van der Waals surface area contributed by atoms with Crippen molar-refractivity contribution in [1.29, 1.82) is 0 Å². The highest BCUT2D eigenvalue weighted by atomic mass is 32.1. The summed E-state index contributed by atoms with van der Waals surface area (Å²) in [6, 6.07) is 4.56. The number of hydrogen-bond donors (Lipinski definition) is 1. The molecular weight excluding hydrogens is 288 g/mol. The van der Waals surface area contributed by atoms with Crippen molar-refractivity contribution < 1.29 is 14.7 Å². The quantitative estimate of drug-likeness (QED) is 0.942. The number of aryl methyl sites for hydroxylation is 1. The van der Waals surface area contributed by atoms with Crippen molar-refractivity contribution >= 4 is 23.2 Å². The lowest BCUT2D eigenvalue weighted by Crippen LogP contribution is -2.40. The third kappa shape index (κ3) is 3.11. The maximum Gasteiger partial charge on any atom is 0.326 e. The molecule has 0 radical (unpaired) electrons. The van der Waals surface area contributed by atoms with Gasteiger partial charge in [0, 0.05) is 18.0 Å². The lowest BCUT2D eigenvalue weighted by molar-refractivity contribution is -0.141. The largest absolute Gasteiger partial charge is 0.480 e. The maximum atomic E-state index is 12.3. The number of pyridine rings is 1. The zero-order valence-electron chi connectivity index (χ0n) is 12.0. The van der Waals surface area contributed by atoms with Crippen LogP contribution in [0.5, 0.6) is 0 Å². The van der Waals surface area contributed by atoms with Crippen molar-refractivity contribution in [2.45, 2.75) is 19.9 Å². The summed E-state index contributed by atoms with van der Waals surface area (Å²) in [6.45, 7) is 3.23. The number of amides is 1. The standard InChI is InChI=1S/C15H16N2O3S/c1-9-12(14(18)17(3)10(2)15(19)20)4-5-13(16-9)11-6-7-21-8-11/h4-8,10H,1-3H3,(H,19,20). The predicted molar refractivity (Wildman–Crippen MR) is 81.5 cm³/mol. The van der Waals surface area contributed by atoms with Crippen molar-refractivity contribution in [3.05, 3.63) is 40.2 Å². The van der Waals surface area contributed by atoms with Gasteiger partial charge in [-0.3, -0.25) is 9.78 Å². The number of aromatic nitrogens is 1. The van der Waals surface area contributed by atoms with Gasteiger partial charge in [0.05, 0.1) is 17.0 Å². The first-order valence-corrected chi connectivity index (χ1v) is 7.36. The van der Waals surface area contributed by atoms with Crippen molar-refractivity contribution in [2.75, 3.05) is 7.05 Å². The minimum absolute atomic E-state index is 0.341. The highest BCUT2D eigenvalue weighted by molar-refractivity contribution is 7.08. The summed E-state index contributed by atoms with van der Waals surface area (Å²) in [4.78, 5) is 28.9. The Morgan fingerprint density at radius 1 is 1.33 bits per heavy atom. The summed E-state index contributed by atoms with van der Waals surface area (Å²) in [7, 11) is 1.48. The average molecular weight is 304 g/mol. The molecule has 1 amide bonds. The second kappa shape index (κ2) is 6.05. The highest BCUT2D eigenvalue weighted by Gasteiger charge is 2.24. The van der Waals surface area contributed by atoms with Gasteiger partial charge < -0.3 is 10.0 Å². The molecule has 110 valence electrons. The zero-order chi connectivity index (χ0) is 15.6. The van der Waals surface area contributed by atoms with Crippen LogP contribution in [-0.2, 0) is 4.79 Å². The topological polar surface area (TPSA) is 70.5 Å². The van der Waals surface area contributed by atoms with Gasteiger partial charge in [0.2, 0.25) is 0 Å². The van der Waals surface area contributed by atoms with Crippen LogP contribution in [0.1, 0.15) is 23.0 Å². The van der Waals surface area contributed by atoms with Crippen molar-refractivity contribution in [1.82, 2.24) is 9.88 Å². The lowest BCUT2D eigenvalue weighted by Gasteiger charge is -2.22. The molecule has 0 aliphatic rings. The van der Waals surface area contributed by atoms with Crippen molar-refractivity contribution in [2.24, 2.45) is 0 Å². The summed E-state index contributed by atoms with van der Waals surface area (Å²) in [6.07, 6.45) is 0. The average Bonchev–Trinajstić information content (AvgIpc) is 2.99. The molecular formula is C15H16N2O3S. The van der Waals surface area contributed by atoms with Gasteiger partial charge in [-0.25, -0.2) is 4.79 Å². The Bertz CT molecular complexity index is 668. The molecule has 1 atom stereocenters. The smallest absolute Gasteiger partial charge is 0.326 e. The van der Waals surface area contributed by atoms with Crippen LogP contribution in [0.15, 0.2) is 29.0 Å². The van der Waals surface area contributed by atoms with Gasteiger partial charge >= 0.3 is 5.97 Å². The molecule has 0 spiro atoms. The van der Waals surface area contributed by atoms with E-state index in [1.165, 1.54) is 18.9 Å². The second-order valence-electron chi connectivity index (χ2n) is 4.77. The van der Waals surface area contributed by atoms with E-state index in [1.54, 1.807) is 30.4 Å². The van der Waals surface area contributed by atoms with E-state index < -0.39 is 12.0 Å². The molecule has 0 saturated carbocycles. The van der Waals surface area contributed by atoms with Gasteiger partial charge in [0.1, 0.15) is 6.04 Å². The molecule has 1 N–H and O–H groups in total. The maximum absolute atomic E-state index is 12.3. The number of carboxylic acid groups (broad SMARTS) is 1. The van der Waals surface area contributed by atoms with E-state index in [-0.39, 0.29) is 5.91 Å². The van der Waals surface area contributed by atoms with E-state index in [0.29, 0.717) is 11.3 Å². The Morgan fingerprint density at radius 2 is 2.05 bits per heavy atom. The summed E-state index contributed by atoms with van der Waals surface area (Å²) in [5.41, 5.74) is 2.83. The predicted octanol–water partition coefficient (Wildman–Crippen LogP) is 2.66. The molecule has 1 unspecified atom stereocenters. The fourth-order valence-electron chi connectivity index (χ4n) is 1.89. The van der Waals surface area contributed by atoms with Gasteiger partial charge in [-0.05, 0) is 37.4 Å². The first-order valence-electron chi connectivity index (χ1n) is 6.42. The Labute approximate surface area is 126 Å². The molecule has 5 nitrogen and oxygen atoms in total. The summed E-state index contributed by atoms with van der Waals surface area (Å²) in [5.74, 6) is -1.38. The highest BCUT2D eigenvalue weighted by Crippen LogP contribution is 2.22. The minimum atomic E-state index is -1.04. The van der Waals surface area contributed by atoms with Crippen LogP contribution in [0.3, 0.4) is 0 Å². The van der Waals surface area contributed by atoms with E-state index in [0.717, 1.165) is 11.3 Å². The first-order chi connectivity index (χ1) is 9.91. The number of thiophene rings is 1. The van der Waals surface area contributed by atoms with Crippen LogP contribution < -0.4 is 0 Å². The number of nitrogens with zero attached hydrogens (tertiary/aromatic N) is 2. The minimum Gasteiger partial charge on any atom is -0.480 e. The Kier molecular flexibility index (Phi) is 4.37. The number of carbonyl (C=O) groups excluding carboxylic acids is 1. The molecule has 6 heteroatoms. The molecule has 2 aromatic rings. The molecule has 0 aromatic carbocycles.